The van der Waals surface area contributed by atoms with Crippen molar-refractivity contribution in [2.24, 2.45) is 0 Å². The van der Waals surface area contributed by atoms with Crippen LogP contribution in [0.15, 0.2) is 71.5 Å². The largest absolute Gasteiger partial charge is 0.334 e. The molecule has 2 N–H and O–H groups in total. The van der Waals surface area contributed by atoms with Crippen LogP contribution in [0.25, 0.3) is 44.5 Å². The smallest absolute Gasteiger partial charge is 0.280 e. The number of hydrogen-bond donors (Lipinski definition) is 1. The van der Waals surface area contributed by atoms with E-state index in [0.29, 0.717) is 43.3 Å². The summed E-state index contributed by atoms with van der Waals surface area (Å²) in [5.74, 6) is 5.88. The summed E-state index contributed by atoms with van der Waals surface area (Å²) in [5.41, 5.74) is 2.05. The van der Waals surface area contributed by atoms with Gasteiger partial charge in [0.05, 0.1) is 16.6 Å². The van der Waals surface area contributed by atoms with Crippen molar-refractivity contribution in [1.82, 2.24) is 14.6 Å². The second kappa shape index (κ2) is 7.34. The summed E-state index contributed by atoms with van der Waals surface area (Å²) in [7, 11) is 0. The molecule has 0 saturated heterocycles. The molecule has 5 aromatic rings. The quantitative estimate of drug-likeness (QED) is 0.287. The zero-order valence-electron chi connectivity index (χ0n) is 15.8. The number of aromatic nitrogens is 3. The molecule has 0 spiro atoms. The first-order valence-corrected chi connectivity index (χ1v) is 10.0. The zero-order chi connectivity index (χ0) is 21.7. The van der Waals surface area contributed by atoms with Crippen LogP contribution in [-0.4, -0.2) is 14.6 Å². The van der Waals surface area contributed by atoms with Gasteiger partial charge < -0.3 is 5.84 Å². The van der Waals surface area contributed by atoms with E-state index in [1.165, 1.54) is 18.2 Å². The maximum Gasteiger partial charge on any atom is 0.280 e. The van der Waals surface area contributed by atoms with E-state index >= 15 is 0 Å². The third-order valence-corrected chi connectivity index (χ3v) is 5.52. The van der Waals surface area contributed by atoms with Crippen LogP contribution >= 0.6 is 23.2 Å². The lowest BCUT2D eigenvalue weighted by Crippen LogP contribution is -2.30. The number of fused-ring (bicyclic) bond motifs is 3. The molecule has 5 rings (SSSR count). The number of rotatable bonds is 2. The van der Waals surface area contributed by atoms with Crippen molar-refractivity contribution in [3.63, 3.8) is 0 Å². The van der Waals surface area contributed by atoms with Crippen molar-refractivity contribution in [1.29, 1.82) is 0 Å². The van der Waals surface area contributed by atoms with Crippen molar-refractivity contribution in [2.45, 2.75) is 0 Å². The van der Waals surface area contributed by atoms with Gasteiger partial charge in [0.25, 0.3) is 5.56 Å². The first-order chi connectivity index (χ1) is 14.9. The predicted molar refractivity (Wildman–Crippen MR) is 122 cm³/mol. The average molecular weight is 451 g/mol. The highest BCUT2D eigenvalue weighted by Crippen LogP contribution is 2.32. The second-order valence-corrected chi connectivity index (χ2v) is 7.84. The van der Waals surface area contributed by atoms with E-state index in [4.69, 9.17) is 34.0 Å². The minimum absolute atomic E-state index is 0.190. The van der Waals surface area contributed by atoms with E-state index in [9.17, 15) is 9.18 Å². The molecule has 0 atom stereocenters. The molecule has 0 aliphatic heterocycles. The van der Waals surface area contributed by atoms with Crippen molar-refractivity contribution >= 4 is 45.0 Å². The average Bonchev–Trinajstić information content (AvgIpc) is 2.76. The van der Waals surface area contributed by atoms with Crippen LogP contribution in [-0.2, 0) is 0 Å². The van der Waals surface area contributed by atoms with Gasteiger partial charge in [0, 0.05) is 26.6 Å². The monoisotopic (exact) mass is 450 g/mol. The van der Waals surface area contributed by atoms with Gasteiger partial charge in [-0.1, -0.05) is 35.3 Å². The molecule has 152 valence electrons. The summed E-state index contributed by atoms with van der Waals surface area (Å²) in [6.07, 6.45) is 0. The molecule has 0 fully saturated rings. The SMILES string of the molecule is Nn1c(-c2ccc(Cl)cc2)nc2c(-c3ccc(Cl)cc3)nc3ccc(F)cc3c2c1=O. The lowest BCUT2D eigenvalue weighted by molar-refractivity contribution is 0.629. The zero-order valence-corrected chi connectivity index (χ0v) is 17.3. The molecule has 0 aliphatic rings. The van der Waals surface area contributed by atoms with Crippen molar-refractivity contribution in [2.75, 3.05) is 5.84 Å². The molecule has 0 bridgehead atoms. The summed E-state index contributed by atoms with van der Waals surface area (Å²) in [4.78, 5) is 22.7. The van der Waals surface area contributed by atoms with E-state index in [1.807, 2.05) is 0 Å². The van der Waals surface area contributed by atoms with E-state index in [2.05, 4.69) is 4.98 Å². The van der Waals surface area contributed by atoms with Gasteiger partial charge in [0.15, 0.2) is 5.82 Å². The van der Waals surface area contributed by atoms with Crippen LogP contribution in [0.2, 0.25) is 10.0 Å². The fourth-order valence-corrected chi connectivity index (χ4v) is 3.79. The van der Waals surface area contributed by atoms with Crippen molar-refractivity contribution in [3.8, 4) is 22.6 Å². The number of nitrogens with zero attached hydrogens (tertiary/aromatic N) is 3. The minimum Gasteiger partial charge on any atom is -0.334 e. The van der Waals surface area contributed by atoms with Crippen LogP contribution in [0.4, 0.5) is 4.39 Å². The van der Waals surface area contributed by atoms with E-state index in [1.54, 1.807) is 48.5 Å². The number of benzene rings is 3. The number of nitrogen functional groups attached to an aromatic ring is 1. The molecular weight excluding hydrogens is 438 g/mol. The summed E-state index contributed by atoms with van der Waals surface area (Å²) in [6, 6.07) is 17.9. The molecule has 0 amide bonds. The first kappa shape index (κ1) is 19.5. The van der Waals surface area contributed by atoms with Gasteiger partial charge >= 0.3 is 0 Å². The Morgan fingerprint density at radius 2 is 1.45 bits per heavy atom. The highest BCUT2D eigenvalue weighted by atomic mass is 35.5. The standard InChI is InChI=1S/C23H13Cl2FN4O/c24-14-5-1-12(2-6-14)20-21-19(17-11-16(26)9-10-18(17)28-20)23(31)30(27)22(29-21)13-3-7-15(25)8-4-13/h1-11H,27H2. The summed E-state index contributed by atoms with van der Waals surface area (Å²) < 4.78 is 15.0. The third kappa shape index (κ3) is 3.30. The van der Waals surface area contributed by atoms with E-state index in [-0.39, 0.29) is 11.2 Å². The molecule has 2 aromatic heterocycles. The maximum atomic E-state index is 14.0. The Morgan fingerprint density at radius 3 is 2.10 bits per heavy atom. The topological polar surface area (TPSA) is 73.8 Å². The first-order valence-electron chi connectivity index (χ1n) is 9.25. The minimum atomic E-state index is -0.511. The van der Waals surface area contributed by atoms with Gasteiger partial charge in [-0.3, -0.25) is 4.79 Å². The Kier molecular flexibility index (Phi) is 4.61. The Bertz CT molecular complexity index is 1530. The number of halogens is 3. The third-order valence-electron chi connectivity index (χ3n) is 5.02. The van der Waals surface area contributed by atoms with E-state index < -0.39 is 11.4 Å². The summed E-state index contributed by atoms with van der Waals surface area (Å²) in [5, 5.41) is 1.64. The Labute approximate surface area is 185 Å². The maximum absolute atomic E-state index is 14.0. The second-order valence-electron chi connectivity index (χ2n) is 6.97. The van der Waals surface area contributed by atoms with Crippen LogP contribution in [0, 0.1) is 5.82 Å². The molecule has 2 heterocycles. The highest BCUT2D eigenvalue weighted by molar-refractivity contribution is 6.31. The lowest BCUT2D eigenvalue weighted by atomic mass is 10.0. The van der Waals surface area contributed by atoms with Crippen molar-refractivity contribution < 1.29 is 4.39 Å². The van der Waals surface area contributed by atoms with Crippen LogP contribution in [0.1, 0.15) is 0 Å². The lowest BCUT2D eigenvalue weighted by Gasteiger charge is -2.14. The normalized spacial score (nSPS) is 11.3. The van der Waals surface area contributed by atoms with Gasteiger partial charge in [-0.05, 0) is 54.6 Å². The number of hydrogen-bond acceptors (Lipinski definition) is 4. The molecule has 0 saturated carbocycles. The van der Waals surface area contributed by atoms with Gasteiger partial charge in [-0.25, -0.2) is 19.0 Å². The van der Waals surface area contributed by atoms with Gasteiger partial charge in [-0.15, -0.1) is 0 Å². The van der Waals surface area contributed by atoms with Gasteiger partial charge in [-0.2, -0.15) is 0 Å². The predicted octanol–water partition coefficient (Wildman–Crippen LogP) is 5.44. The molecule has 8 heteroatoms. The van der Waals surface area contributed by atoms with E-state index in [0.717, 1.165) is 4.68 Å². The van der Waals surface area contributed by atoms with Crippen LogP contribution in [0.3, 0.4) is 0 Å². The molecule has 3 aromatic carbocycles. The number of nitrogens with two attached hydrogens (primary N) is 1. The highest BCUT2D eigenvalue weighted by Gasteiger charge is 2.19. The van der Waals surface area contributed by atoms with Gasteiger partial charge in [0.2, 0.25) is 0 Å². The van der Waals surface area contributed by atoms with Crippen LogP contribution in [0.5, 0.6) is 0 Å². The molecule has 0 aliphatic carbocycles. The number of pyridine rings is 1. The molecule has 0 unspecified atom stereocenters. The van der Waals surface area contributed by atoms with Crippen molar-refractivity contribution in [3.05, 3.63) is 92.9 Å². The molecule has 5 nitrogen and oxygen atoms in total. The molecule has 31 heavy (non-hydrogen) atoms. The Balaban J connectivity index is 1.95. The van der Waals surface area contributed by atoms with Gasteiger partial charge in [0.1, 0.15) is 11.3 Å². The Morgan fingerprint density at radius 1 is 0.839 bits per heavy atom. The fourth-order valence-electron chi connectivity index (χ4n) is 3.54. The summed E-state index contributed by atoms with van der Waals surface area (Å²) >= 11 is 12.0. The molecule has 0 radical (unpaired) electrons. The summed E-state index contributed by atoms with van der Waals surface area (Å²) in [6.45, 7) is 0. The molecular formula is C23H13Cl2FN4O. The van der Waals surface area contributed by atoms with Crippen LogP contribution < -0.4 is 11.4 Å². The Hall–Kier alpha value is -3.48. The fraction of sp³-hybridized carbons (Fsp3) is 0.